The third-order valence-electron chi connectivity index (χ3n) is 8.81. The summed E-state index contributed by atoms with van der Waals surface area (Å²) in [5, 5.41) is 23.2. The highest BCUT2D eigenvalue weighted by Gasteiger charge is 2.38. The monoisotopic (exact) mass is 576 g/mol. The predicted octanol–water partition coefficient (Wildman–Crippen LogP) is 6.17. The molecule has 9 heteroatoms. The maximum absolute atomic E-state index is 13.3. The van der Waals surface area contributed by atoms with Gasteiger partial charge in [-0.25, -0.2) is 0 Å². The highest BCUT2D eigenvalue weighted by atomic mass is 16.5. The van der Waals surface area contributed by atoms with Crippen molar-refractivity contribution < 1.29 is 23.8 Å². The maximum Gasteiger partial charge on any atom is 0.254 e. The van der Waals surface area contributed by atoms with Crippen LogP contribution in [0.2, 0.25) is 0 Å². The van der Waals surface area contributed by atoms with E-state index in [1.165, 1.54) is 0 Å². The number of fused-ring (bicyclic) bond motifs is 2. The zero-order valence-corrected chi connectivity index (χ0v) is 23.9. The normalized spacial score (nSPS) is 20.1. The summed E-state index contributed by atoms with van der Waals surface area (Å²) in [5.41, 5.74) is 5.60. The van der Waals surface area contributed by atoms with Crippen LogP contribution in [0.15, 0.2) is 71.0 Å². The number of ether oxygens (including phenoxy) is 2. The number of hydrogen-bond acceptors (Lipinski definition) is 8. The van der Waals surface area contributed by atoms with Crippen LogP contribution in [0.4, 0.5) is 5.69 Å². The average molecular weight is 577 g/mol. The van der Waals surface area contributed by atoms with E-state index in [4.69, 9.17) is 13.9 Å². The average Bonchev–Trinajstić information content (AvgIpc) is 3.74. The molecule has 2 fully saturated rings. The molecular weight excluding hydrogens is 544 g/mol. The molecule has 2 aliphatic heterocycles. The molecular formula is C34H32N4O5. The van der Waals surface area contributed by atoms with Gasteiger partial charge in [-0.2, -0.15) is 5.26 Å². The van der Waals surface area contributed by atoms with Gasteiger partial charge in [0.2, 0.25) is 0 Å². The maximum atomic E-state index is 13.3. The minimum atomic E-state index is -0.0521. The summed E-state index contributed by atoms with van der Waals surface area (Å²) in [6, 6.07) is 17.6. The van der Waals surface area contributed by atoms with Gasteiger partial charge >= 0.3 is 0 Å². The Morgan fingerprint density at radius 2 is 1.98 bits per heavy atom. The fraction of sp³-hybridized carbons (Fsp3) is 0.324. The van der Waals surface area contributed by atoms with Gasteiger partial charge < -0.3 is 29.2 Å². The number of likely N-dealkylation sites (tertiary alicyclic amines) is 1. The first kappa shape index (κ1) is 27.0. The Morgan fingerprint density at radius 1 is 1.12 bits per heavy atom. The van der Waals surface area contributed by atoms with Gasteiger partial charge in [0.05, 0.1) is 29.7 Å². The van der Waals surface area contributed by atoms with Gasteiger partial charge in [-0.1, -0.05) is 6.07 Å². The lowest BCUT2D eigenvalue weighted by Gasteiger charge is -2.24. The zero-order chi connectivity index (χ0) is 29.5. The number of rotatable bonds is 6. The van der Waals surface area contributed by atoms with Crippen LogP contribution >= 0.6 is 0 Å². The number of hydrogen-bond donors (Lipinski definition) is 2. The van der Waals surface area contributed by atoms with Crippen LogP contribution in [0.1, 0.15) is 35.2 Å². The van der Waals surface area contributed by atoms with E-state index in [9.17, 15) is 15.2 Å². The first-order chi connectivity index (χ1) is 21.0. The molecule has 9 nitrogen and oxygen atoms in total. The molecule has 1 amide bonds. The Balaban J connectivity index is 1.17. The molecule has 218 valence electrons. The molecule has 4 heterocycles. The number of aliphatic hydroxyl groups excluding tert-OH is 1. The van der Waals surface area contributed by atoms with Gasteiger partial charge in [0.15, 0.2) is 5.58 Å². The standard InChI is InChI=1S/C34H32N4O5/c1-41-31-15-21(34(40)38-18-23-13-26(39)14-24(23)19-38)2-4-28(31)32-16-30-33(43-32)27(6-9-36-30)20-3-5-29(22(12-20)17-35)37-25-7-10-42-11-8-25/h2-6,9,12-13,15-16,23-25,37,39H,7-8,10-11,14,18-19H2,1H3/t23-,24-/m0/s1. The fourth-order valence-corrected chi connectivity index (χ4v) is 6.55. The van der Waals surface area contributed by atoms with Gasteiger partial charge in [0.1, 0.15) is 23.1 Å². The number of carbonyl (C=O) groups excluding carboxylic acids is 1. The van der Waals surface area contributed by atoms with Crippen LogP contribution in [0.5, 0.6) is 5.75 Å². The first-order valence-corrected chi connectivity index (χ1v) is 14.7. The Hall–Kier alpha value is -4.81. The number of furan rings is 1. The fourth-order valence-electron chi connectivity index (χ4n) is 6.55. The molecule has 7 rings (SSSR count). The number of carbonyl (C=O) groups is 1. The molecule has 0 saturated carbocycles. The van der Waals surface area contributed by atoms with E-state index in [2.05, 4.69) is 16.4 Å². The lowest BCUT2D eigenvalue weighted by Crippen LogP contribution is -2.29. The molecule has 43 heavy (non-hydrogen) atoms. The Labute approximate surface area is 249 Å². The number of nitrogens with zero attached hydrogens (tertiary/aromatic N) is 3. The number of pyridine rings is 1. The van der Waals surface area contributed by atoms with Crippen molar-refractivity contribution >= 4 is 22.7 Å². The van der Waals surface area contributed by atoms with Crippen molar-refractivity contribution in [3.63, 3.8) is 0 Å². The molecule has 0 spiro atoms. The molecule has 4 aromatic rings. The number of methoxy groups -OCH3 is 1. The summed E-state index contributed by atoms with van der Waals surface area (Å²) >= 11 is 0. The van der Waals surface area contributed by atoms with Crippen molar-refractivity contribution in [2.24, 2.45) is 11.8 Å². The van der Waals surface area contributed by atoms with Crippen LogP contribution < -0.4 is 10.1 Å². The summed E-state index contributed by atoms with van der Waals surface area (Å²) in [6.45, 7) is 2.68. The minimum Gasteiger partial charge on any atom is -0.513 e. The van der Waals surface area contributed by atoms with Crippen LogP contribution in [0, 0.1) is 23.2 Å². The number of allylic oxidation sites excluding steroid dienone is 1. The SMILES string of the molecule is COc1cc(C(=O)N2C[C@@H]3CC(O)=C[C@H]3C2)ccc1-c1cc2nccc(-c3ccc(NC4CCOCC4)c(C#N)c3)c2o1. The second kappa shape index (κ2) is 11.1. The largest absolute Gasteiger partial charge is 0.513 e. The van der Waals surface area contributed by atoms with Crippen molar-refractivity contribution in [2.75, 3.05) is 38.7 Å². The second-order valence-electron chi connectivity index (χ2n) is 11.5. The molecule has 0 bridgehead atoms. The number of anilines is 1. The summed E-state index contributed by atoms with van der Waals surface area (Å²) < 4.78 is 17.6. The number of amides is 1. The summed E-state index contributed by atoms with van der Waals surface area (Å²) in [5.74, 6) is 1.97. The van der Waals surface area contributed by atoms with Crippen molar-refractivity contribution in [3.05, 3.63) is 77.7 Å². The third kappa shape index (κ3) is 5.08. The van der Waals surface area contributed by atoms with E-state index in [-0.39, 0.29) is 23.8 Å². The van der Waals surface area contributed by atoms with E-state index in [0.29, 0.717) is 64.6 Å². The molecule has 2 N–H and O–H groups in total. The highest BCUT2D eigenvalue weighted by molar-refractivity contribution is 5.97. The van der Waals surface area contributed by atoms with Crippen LogP contribution in [0.3, 0.4) is 0 Å². The lowest BCUT2D eigenvalue weighted by atomic mass is 10.0. The van der Waals surface area contributed by atoms with E-state index in [1.807, 2.05) is 47.4 Å². The van der Waals surface area contributed by atoms with Crippen molar-refractivity contribution in [3.8, 4) is 34.3 Å². The van der Waals surface area contributed by atoms with Gasteiger partial charge in [-0.15, -0.1) is 0 Å². The van der Waals surface area contributed by atoms with E-state index >= 15 is 0 Å². The van der Waals surface area contributed by atoms with Crippen molar-refractivity contribution in [1.82, 2.24) is 9.88 Å². The number of nitriles is 1. The Morgan fingerprint density at radius 3 is 2.77 bits per heavy atom. The topological polar surface area (TPSA) is 121 Å². The summed E-state index contributed by atoms with van der Waals surface area (Å²) in [6.07, 6.45) is 6.07. The van der Waals surface area contributed by atoms with Crippen LogP contribution in [0.25, 0.3) is 33.6 Å². The molecule has 2 atom stereocenters. The van der Waals surface area contributed by atoms with Crippen molar-refractivity contribution in [2.45, 2.75) is 25.3 Å². The zero-order valence-electron chi connectivity index (χ0n) is 23.9. The summed E-state index contributed by atoms with van der Waals surface area (Å²) in [7, 11) is 1.58. The van der Waals surface area contributed by atoms with E-state index < -0.39 is 0 Å². The minimum absolute atomic E-state index is 0.0521. The Kier molecular flexibility index (Phi) is 6.99. The number of aromatic nitrogens is 1. The molecule has 2 saturated heterocycles. The van der Waals surface area contributed by atoms with Gasteiger partial charge in [0.25, 0.3) is 5.91 Å². The molecule has 1 aliphatic carbocycles. The summed E-state index contributed by atoms with van der Waals surface area (Å²) in [4.78, 5) is 19.7. The van der Waals surface area contributed by atoms with Gasteiger partial charge in [-0.3, -0.25) is 9.78 Å². The number of nitrogens with one attached hydrogen (secondary N) is 1. The molecule has 0 unspecified atom stereocenters. The first-order valence-electron chi connectivity index (χ1n) is 14.7. The highest BCUT2D eigenvalue weighted by Crippen LogP contribution is 2.40. The van der Waals surface area contributed by atoms with Crippen LogP contribution in [-0.2, 0) is 4.74 Å². The Bertz CT molecular complexity index is 1780. The van der Waals surface area contributed by atoms with E-state index in [0.717, 1.165) is 42.9 Å². The second-order valence-corrected chi connectivity index (χ2v) is 11.5. The lowest BCUT2D eigenvalue weighted by molar-refractivity contribution is 0.0783. The van der Waals surface area contributed by atoms with E-state index in [1.54, 1.807) is 25.4 Å². The molecule has 2 aromatic carbocycles. The predicted molar refractivity (Wildman–Crippen MR) is 162 cm³/mol. The van der Waals surface area contributed by atoms with Gasteiger partial charge in [0, 0.05) is 68.1 Å². The number of benzene rings is 2. The molecule has 2 aromatic heterocycles. The quantitative estimate of drug-likeness (QED) is 0.280. The number of aliphatic hydroxyl groups is 1. The molecule has 0 radical (unpaired) electrons. The van der Waals surface area contributed by atoms with Crippen LogP contribution in [-0.4, -0.2) is 60.4 Å². The van der Waals surface area contributed by atoms with Crippen molar-refractivity contribution in [1.29, 1.82) is 5.26 Å². The van der Waals surface area contributed by atoms with Gasteiger partial charge in [-0.05, 0) is 66.8 Å². The third-order valence-corrected chi connectivity index (χ3v) is 8.81. The molecule has 3 aliphatic rings. The smallest absolute Gasteiger partial charge is 0.254 e.